The van der Waals surface area contributed by atoms with E-state index in [-0.39, 0.29) is 6.54 Å². The van der Waals surface area contributed by atoms with Crippen LogP contribution in [0.15, 0.2) is 16.3 Å². The Kier molecular flexibility index (Phi) is 6.07. The molecule has 0 bridgehead atoms. The van der Waals surface area contributed by atoms with E-state index in [0.717, 1.165) is 12.8 Å². The third-order valence-corrected chi connectivity index (χ3v) is 4.86. The van der Waals surface area contributed by atoms with E-state index in [0.29, 0.717) is 22.9 Å². The molecule has 0 fully saturated rings. The van der Waals surface area contributed by atoms with Crippen LogP contribution in [0.4, 0.5) is 0 Å². The number of sulfonamides is 1. The van der Waals surface area contributed by atoms with Crippen LogP contribution in [0, 0.1) is 0 Å². The summed E-state index contributed by atoms with van der Waals surface area (Å²) < 4.78 is 31.3. The van der Waals surface area contributed by atoms with Crippen molar-refractivity contribution in [2.75, 3.05) is 20.3 Å². The Morgan fingerprint density at radius 3 is 2.88 bits per heavy atom. The lowest BCUT2D eigenvalue weighted by molar-refractivity contribution is 0.193. The summed E-state index contributed by atoms with van der Waals surface area (Å²) in [6, 6.07) is 1.59. The molecule has 0 radical (unpaired) electrons. The zero-order valence-corrected chi connectivity index (χ0v) is 11.4. The molecule has 1 aromatic heterocycles. The molecule has 1 aromatic rings. The fraction of sp³-hybridized carbons (Fsp3) is 0.600. The normalized spacial score (nSPS) is 11.9. The van der Waals surface area contributed by atoms with Gasteiger partial charge in [0.05, 0.1) is 4.90 Å². The average molecular weight is 278 g/mol. The smallest absolute Gasteiger partial charge is 0.241 e. The highest BCUT2D eigenvalue weighted by Gasteiger charge is 2.18. The van der Waals surface area contributed by atoms with Gasteiger partial charge in [-0.2, -0.15) is 0 Å². The van der Waals surface area contributed by atoms with Gasteiger partial charge in [-0.05, 0) is 24.3 Å². The van der Waals surface area contributed by atoms with E-state index in [9.17, 15) is 8.42 Å². The topological polar surface area (TPSA) is 81.4 Å². The van der Waals surface area contributed by atoms with Crippen molar-refractivity contribution in [3.05, 3.63) is 16.3 Å². The van der Waals surface area contributed by atoms with E-state index in [1.54, 1.807) is 18.6 Å². The van der Waals surface area contributed by atoms with Crippen LogP contribution in [0.1, 0.15) is 17.7 Å². The van der Waals surface area contributed by atoms with Crippen LogP contribution >= 0.6 is 11.3 Å². The van der Waals surface area contributed by atoms with Crippen LogP contribution in [0.25, 0.3) is 0 Å². The van der Waals surface area contributed by atoms with Crippen molar-refractivity contribution in [3.63, 3.8) is 0 Å². The zero-order chi connectivity index (χ0) is 12.7. The minimum Gasteiger partial charge on any atom is -0.385 e. The van der Waals surface area contributed by atoms with E-state index >= 15 is 0 Å². The number of rotatable bonds is 8. The Bertz CT molecular complexity index is 429. The fourth-order valence-electron chi connectivity index (χ4n) is 1.37. The van der Waals surface area contributed by atoms with Gasteiger partial charge in [-0.3, -0.25) is 0 Å². The molecule has 98 valence electrons. The van der Waals surface area contributed by atoms with Gasteiger partial charge in [-0.25, -0.2) is 13.1 Å². The van der Waals surface area contributed by atoms with Crippen LogP contribution in [0.2, 0.25) is 0 Å². The summed E-state index contributed by atoms with van der Waals surface area (Å²) in [5.41, 5.74) is 5.49. The molecule has 0 saturated carbocycles. The molecule has 0 aliphatic rings. The lowest BCUT2D eigenvalue weighted by atomic mass is 10.3. The van der Waals surface area contributed by atoms with Crippen LogP contribution in [-0.4, -0.2) is 28.7 Å². The van der Waals surface area contributed by atoms with E-state index in [2.05, 4.69) is 4.72 Å². The monoisotopic (exact) mass is 278 g/mol. The molecule has 7 heteroatoms. The predicted octanol–water partition coefficient (Wildman–Crippen LogP) is 0.912. The molecule has 0 amide bonds. The zero-order valence-electron chi connectivity index (χ0n) is 9.81. The first-order valence-electron chi connectivity index (χ1n) is 5.37. The first-order chi connectivity index (χ1) is 8.11. The molecular formula is C10H18N2O3S2. The molecule has 0 saturated heterocycles. The molecule has 17 heavy (non-hydrogen) atoms. The Hall–Kier alpha value is -0.470. The van der Waals surface area contributed by atoms with Gasteiger partial charge in [-0.1, -0.05) is 0 Å². The number of ether oxygens (including phenoxy) is 1. The molecule has 0 aliphatic carbocycles. The van der Waals surface area contributed by atoms with Gasteiger partial charge in [0, 0.05) is 31.7 Å². The first-order valence-corrected chi connectivity index (χ1v) is 7.73. The van der Waals surface area contributed by atoms with E-state index < -0.39 is 10.0 Å². The fourth-order valence-corrected chi connectivity index (χ4v) is 3.78. The lowest BCUT2D eigenvalue weighted by Gasteiger charge is -2.06. The standard InChI is InChI=1S/C10H18N2O3S2/c1-15-6-3-2-5-12-17(13,14)10-4-7-16-9(10)8-11/h4,7,12H,2-3,5-6,8,11H2,1H3. The third kappa shape index (κ3) is 4.36. The molecule has 0 unspecified atom stereocenters. The second-order valence-corrected chi connectivity index (χ2v) is 6.25. The Morgan fingerprint density at radius 1 is 1.47 bits per heavy atom. The first kappa shape index (κ1) is 14.6. The van der Waals surface area contributed by atoms with Crippen LogP contribution < -0.4 is 10.5 Å². The van der Waals surface area contributed by atoms with Crippen molar-refractivity contribution in [2.45, 2.75) is 24.3 Å². The molecule has 0 aromatic carbocycles. The highest BCUT2D eigenvalue weighted by Crippen LogP contribution is 2.20. The molecule has 5 nitrogen and oxygen atoms in total. The highest BCUT2D eigenvalue weighted by molar-refractivity contribution is 7.89. The van der Waals surface area contributed by atoms with Crippen molar-refractivity contribution in [3.8, 4) is 0 Å². The molecule has 1 rings (SSSR count). The SMILES string of the molecule is COCCCCNS(=O)(=O)c1ccsc1CN. The number of hydrogen-bond donors (Lipinski definition) is 2. The van der Waals surface area contributed by atoms with Crippen molar-refractivity contribution in [1.82, 2.24) is 4.72 Å². The Balaban J connectivity index is 2.51. The van der Waals surface area contributed by atoms with Gasteiger partial charge in [-0.15, -0.1) is 11.3 Å². The summed E-state index contributed by atoms with van der Waals surface area (Å²) >= 11 is 1.36. The number of thiophene rings is 1. The van der Waals surface area contributed by atoms with Crippen molar-refractivity contribution in [2.24, 2.45) is 5.73 Å². The number of methoxy groups -OCH3 is 1. The van der Waals surface area contributed by atoms with Gasteiger partial charge in [0.2, 0.25) is 10.0 Å². The van der Waals surface area contributed by atoms with Gasteiger partial charge < -0.3 is 10.5 Å². The maximum absolute atomic E-state index is 11.9. The number of hydrogen-bond acceptors (Lipinski definition) is 5. The quantitative estimate of drug-likeness (QED) is 0.693. The van der Waals surface area contributed by atoms with Crippen molar-refractivity contribution < 1.29 is 13.2 Å². The van der Waals surface area contributed by atoms with E-state index in [1.165, 1.54) is 11.3 Å². The van der Waals surface area contributed by atoms with Gasteiger partial charge in [0.1, 0.15) is 0 Å². The number of unbranched alkanes of at least 4 members (excludes halogenated alkanes) is 1. The minimum atomic E-state index is -3.41. The second-order valence-electron chi connectivity index (χ2n) is 3.51. The summed E-state index contributed by atoms with van der Waals surface area (Å²) in [5, 5.41) is 1.74. The van der Waals surface area contributed by atoms with E-state index in [1.807, 2.05) is 0 Å². The molecular weight excluding hydrogens is 260 g/mol. The van der Waals surface area contributed by atoms with Gasteiger partial charge in [0.15, 0.2) is 0 Å². The summed E-state index contributed by atoms with van der Waals surface area (Å²) in [7, 11) is -1.78. The van der Waals surface area contributed by atoms with Crippen LogP contribution in [0.5, 0.6) is 0 Å². The second kappa shape index (κ2) is 7.07. The van der Waals surface area contributed by atoms with Gasteiger partial charge >= 0.3 is 0 Å². The molecule has 3 N–H and O–H groups in total. The minimum absolute atomic E-state index is 0.248. The van der Waals surface area contributed by atoms with Crippen LogP contribution in [0.3, 0.4) is 0 Å². The number of nitrogens with two attached hydrogens (primary N) is 1. The summed E-state index contributed by atoms with van der Waals surface area (Å²) in [6.07, 6.45) is 1.60. The largest absolute Gasteiger partial charge is 0.385 e. The third-order valence-electron chi connectivity index (χ3n) is 2.25. The van der Waals surface area contributed by atoms with Crippen molar-refractivity contribution in [1.29, 1.82) is 0 Å². The molecule has 0 aliphatic heterocycles. The summed E-state index contributed by atoms with van der Waals surface area (Å²) in [5.74, 6) is 0. The number of nitrogens with one attached hydrogen (secondary N) is 1. The maximum atomic E-state index is 11.9. The molecule has 0 spiro atoms. The van der Waals surface area contributed by atoms with Crippen LogP contribution in [-0.2, 0) is 21.3 Å². The van der Waals surface area contributed by atoms with Crippen molar-refractivity contribution >= 4 is 21.4 Å². The predicted molar refractivity (Wildman–Crippen MR) is 68.5 cm³/mol. The summed E-state index contributed by atoms with van der Waals surface area (Å²) in [4.78, 5) is 0.992. The Labute approximate surface area is 106 Å². The lowest BCUT2D eigenvalue weighted by Crippen LogP contribution is -2.25. The average Bonchev–Trinajstić information content (AvgIpc) is 2.77. The van der Waals surface area contributed by atoms with E-state index in [4.69, 9.17) is 10.5 Å². The molecule has 1 heterocycles. The maximum Gasteiger partial charge on any atom is 0.241 e. The van der Waals surface area contributed by atoms with Gasteiger partial charge in [0.25, 0.3) is 0 Å². The summed E-state index contributed by atoms with van der Waals surface area (Å²) in [6.45, 7) is 1.32. The Morgan fingerprint density at radius 2 is 2.24 bits per heavy atom. The highest BCUT2D eigenvalue weighted by atomic mass is 32.2. The molecule has 0 atom stereocenters.